The summed E-state index contributed by atoms with van der Waals surface area (Å²) < 4.78 is 5.56. The highest BCUT2D eigenvalue weighted by Gasteiger charge is 2.22. The van der Waals surface area contributed by atoms with Crippen molar-refractivity contribution in [3.63, 3.8) is 0 Å². The summed E-state index contributed by atoms with van der Waals surface area (Å²) in [5, 5.41) is 2.76. The van der Waals surface area contributed by atoms with Gasteiger partial charge >= 0.3 is 0 Å². The molecule has 0 bridgehead atoms. The third-order valence-electron chi connectivity index (χ3n) is 3.99. The van der Waals surface area contributed by atoms with E-state index in [9.17, 15) is 9.59 Å². The van der Waals surface area contributed by atoms with E-state index in [2.05, 4.69) is 17.1 Å². The minimum absolute atomic E-state index is 0.108. The van der Waals surface area contributed by atoms with Crippen LogP contribution in [0.25, 0.3) is 0 Å². The second-order valence-electron chi connectivity index (χ2n) is 6.23. The van der Waals surface area contributed by atoms with Crippen molar-refractivity contribution >= 4 is 17.5 Å². The number of likely N-dealkylation sites (N-methyl/N-ethyl adjacent to an activating group) is 1. The number of ether oxygens (including phenoxy) is 1. The van der Waals surface area contributed by atoms with Crippen molar-refractivity contribution in [2.75, 3.05) is 38.0 Å². The predicted octanol–water partition coefficient (Wildman–Crippen LogP) is 1.97. The molecule has 0 aliphatic carbocycles. The van der Waals surface area contributed by atoms with Gasteiger partial charge in [0.25, 0.3) is 0 Å². The van der Waals surface area contributed by atoms with Gasteiger partial charge in [0.05, 0.1) is 6.10 Å². The zero-order valence-corrected chi connectivity index (χ0v) is 14.7. The molecule has 1 aromatic rings. The largest absolute Gasteiger partial charge is 0.491 e. The smallest absolute Gasteiger partial charge is 0.233 e. The molecule has 1 aromatic carbocycles. The molecule has 0 atom stereocenters. The Morgan fingerprint density at radius 3 is 2.29 bits per heavy atom. The summed E-state index contributed by atoms with van der Waals surface area (Å²) in [5.41, 5.74) is 0.666. The van der Waals surface area contributed by atoms with E-state index in [-0.39, 0.29) is 24.3 Å². The van der Waals surface area contributed by atoms with Crippen LogP contribution in [0.5, 0.6) is 5.75 Å². The Kier molecular flexibility index (Phi) is 6.61. The Balaban J connectivity index is 1.79. The Bertz CT molecular complexity index is 549. The first-order valence-electron chi connectivity index (χ1n) is 8.54. The van der Waals surface area contributed by atoms with Gasteiger partial charge in [0.1, 0.15) is 12.2 Å². The Morgan fingerprint density at radius 1 is 1.12 bits per heavy atom. The molecular weight excluding hydrogens is 306 g/mol. The van der Waals surface area contributed by atoms with Gasteiger partial charge in [-0.3, -0.25) is 9.59 Å². The molecule has 24 heavy (non-hydrogen) atoms. The van der Waals surface area contributed by atoms with E-state index in [1.165, 1.54) is 0 Å². The van der Waals surface area contributed by atoms with Crippen LogP contribution in [0.1, 0.15) is 27.2 Å². The minimum atomic E-state index is -0.282. The number of piperazine rings is 1. The molecule has 1 aliphatic heterocycles. The second kappa shape index (κ2) is 8.68. The fourth-order valence-corrected chi connectivity index (χ4v) is 2.66. The number of carbonyl (C=O) groups is 2. The van der Waals surface area contributed by atoms with E-state index >= 15 is 0 Å². The van der Waals surface area contributed by atoms with Crippen molar-refractivity contribution in [3.05, 3.63) is 24.3 Å². The van der Waals surface area contributed by atoms with Crippen molar-refractivity contribution in [3.8, 4) is 5.75 Å². The number of amides is 2. The number of hydrogen-bond acceptors (Lipinski definition) is 4. The maximum atomic E-state index is 12.2. The van der Waals surface area contributed by atoms with Gasteiger partial charge in [-0.2, -0.15) is 0 Å². The Labute approximate surface area is 143 Å². The lowest BCUT2D eigenvalue weighted by atomic mass is 10.2. The summed E-state index contributed by atoms with van der Waals surface area (Å²) in [4.78, 5) is 28.3. The van der Waals surface area contributed by atoms with Gasteiger partial charge in [-0.15, -0.1) is 0 Å². The summed E-state index contributed by atoms with van der Waals surface area (Å²) in [6.07, 6.45) is -0.00708. The molecular formula is C18H27N3O3. The standard InChI is InChI=1S/C18H27N3O3/c1-4-20-9-11-21(12-10-20)18(23)13-17(22)19-15-5-7-16(8-6-15)24-14(2)3/h5-8,14H,4,9-13H2,1-3H3,(H,19,22). The molecule has 1 heterocycles. The fraction of sp³-hybridized carbons (Fsp3) is 0.556. The molecule has 0 saturated carbocycles. The average molecular weight is 333 g/mol. The highest BCUT2D eigenvalue weighted by molar-refractivity contribution is 6.03. The quantitative estimate of drug-likeness (QED) is 0.809. The molecule has 1 fully saturated rings. The van der Waals surface area contributed by atoms with E-state index in [4.69, 9.17) is 4.74 Å². The first kappa shape index (κ1) is 18.3. The molecule has 0 unspecified atom stereocenters. The highest BCUT2D eigenvalue weighted by Crippen LogP contribution is 2.17. The molecule has 2 rings (SSSR count). The van der Waals surface area contributed by atoms with Crippen LogP contribution in [0.2, 0.25) is 0 Å². The van der Waals surface area contributed by atoms with Crippen molar-refractivity contribution in [2.24, 2.45) is 0 Å². The molecule has 132 valence electrons. The number of nitrogens with one attached hydrogen (secondary N) is 1. The summed E-state index contributed by atoms with van der Waals surface area (Å²) in [5.74, 6) is 0.367. The molecule has 1 saturated heterocycles. The van der Waals surface area contributed by atoms with Crippen LogP contribution in [0.15, 0.2) is 24.3 Å². The van der Waals surface area contributed by atoms with E-state index < -0.39 is 0 Å². The first-order valence-corrected chi connectivity index (χ1v) is 8.54. The van der Waals surface area contributed by atoms with Gasteiger partial charge in [0.2, 0.25) is 11.8 Å². The number of rotatable bonds is 6. The van der Waals surface area contributed by atoms with Gasteiger partial charge < -0.3 is 19.9 Å². The second-order valence-corrected chi connectivity index (χ2v) is 6.23. The Hall–Kier alpha value is -2.08. The maximum absolute atomic E-state index is 12.2. The average Bonchev–Trinajstić information content (AvgIpc) is 2.56. The van der Waals surface area contributed by atoms with Crippen LogP contribution < -0.4 is 10.1 Å². The van der Waals surface area contributed by atoms with Gasteiger partial charge in [-0.25, -0.2) is 0 Å². The van der Waals surface area contributed by atoms with E-state index in [0.29, 0.717) is 18.8 Å². The predicted molar refractivity (Wildman–Crippen MR) is 94.1 cm³/mol. The van der Waals surface area contributed by atoms with E-state index in [1.54, 1.807) is 29.2 Å². The molecule has 0 aromatic heterocycles. The van der Waals surface area contributed by atoms with E-state index in [0.717, 1.165) is 25.4 Å². The summed E-state index contributed by atoms with van der Waals surface area (Å²) in [7, 11) is 0. The van der Waals surface area contributed by atoms with Crippen LogP contribution in [-0.2, 0) is 9.59 Å². The molecule has 6 nitrogen and oxygen atoms in total. The monoisotopic (exact) mass is 333 g/mol. The van der Waals surface area contributed by atoms with Crippen LogP contribution >= 0.6 is 0 Å². The molecule has 1 N–H and O–H groups in total. The zero-order chi connectivity index (χ0) is 17.5. The molecule has 2 amide bonds. The zero-order valence-electron chi connectivity index (χ0n) is 14.7. The molecule has 0 radical (unpaired) electrons. The third-order valence-corrected chi connectivity index (χ3v) is 3.99. The lowest BCUT2D eigenvalue weighted by Crippen LogP contribution is -2.49. The normalized spacial score (nSPS) is 15.4. The fourth-order valence-electron chi connectivity index (χ4n) is 2.66. The number of hydrogen-bond donors (Lipinski definition) is 1. The van der Waals surface area contributed by atoms with Gasteiger partial charge in [0.15, 0.2) is 0 Å². The van der Waals surface area contributed by atoms with Crippen LogP contribution in [0, 0.1) is 0 Å². The SMILES string of the molecule is CCN1CCN(C(=O)CC(=O)Nc2ccc(OC(C)C)cc2)CC1. The highest BCUT2D eigenvalue weighted by atomic mass is 16.5. The number of nitrogens with zero attached hydrogens (tertiary/aromatic N) is 2. The first-order chi connectivity index (χ1) is 11.5. The van der Waals surface area contributed by atoms with Crippen LogP contribution in [0.3, 0.4) is 0 Å². The van der Waals surface area contributed by atoms with Gasteiger partial charge in [-0.1, -0.05) is 6.92 Å². The topological polar surface area (TPSA) is 61.9 Å². The van der Waals surface area contributed by atoms with Crippen LogP contribution in [0.4, 0.5) is 5.69 Å². The summed E-state index contributed by atoms with van der Waals surface area (Å²) in [6.45, 7) is 10.2. The van der Waals surface area contributed by atoms with Crippen molar-refractivity contribution in [1.29, 1.82) is 0 Å². The third kappa shape index (κ3) is 5.53. The lowest BCUT2D eigenvalue weighted by Gasteiger charge is -2.33. The number of carbonyl (C=O) groups excluding carboxylic acids is 2. The van der Waals surface area contributed by atoms with Crippen molar-refractivity contribution in [2.45, 2.75) is 33.3 Å². The molecule has 6 heteroatoms. The summed E-state index contributed by atoms with van der Waals surface area (Å²) >= 11 is 0. The van der Waals surface area contributed by atoms with Crippen molar-refractivity contribution in [1.82, 2.24) is 9.80 Å². The molecule has 0 spiro atoms. The van der Waals surface area contributed by atoms with Crippen molar-refractivity contribution < 1.29 is 14.3 Å². The van der Waals surface area contributed by atoms with Gasteiger partial charge in [0, 0.05) is 31.9 Å². The minimum Gasteiger partial charge on any atom is -0.491 e. The Morgan fingerprint density at radius 2 is 1.75 bits per heavy atom. The van der Waals surface area contributed by atoms with Crippen LogP contribution in [-0.4, -0.2) is 60.4 Å². The lowest BCUT2D eigenvalue weighted by molar-refractivity contribution is -0.136. The van der Waals surface area contributed by atoms with Gasteiger partial charge in [-0.05, 0) is 44.7 Å². The number of anilines is 1. The number of benzene rings is 1. The summed E-state index contributed by atoms with van der Waals surface area (Å²) in [6, 6.07) is 7.17. The molecule has 1 aliphatic rings. The maximum Gasteiger partial charge on any atom is 0.233 e. The van der Waals surface area contributed by atoms with E-state index in [1.807, 2.05) is 13.8 Å².